The number of hydrogen-bond acceptors (Lipinski definition) is 2. The summed E-state index contributed by atoms with van der Waals surface area (Å²) in [6.07, 6.45) is 4.87. The fourth-order valence-electron chi connectivity index (χ4n) is 2.98. The summed E-state index contributed by atoms with van der Waals surface area (Å²) < 4.78 is 0.970. The zero-order valence-corrected chi connectivity index (χ0v) is 11.1. The van der Waals surface area contributed by atoms with Gasteiger partial charge in [-0.05, 0) is 65.7 Å². The van der Waals surface area contributed by atoms with Crippen molar-refractivity contribution in [3.8, 4) is 0 Å². The number of thiophene rings is 1. The molecule has 1 aromatic heterocycles. The van der Waals surface area contributed by atoms with Gasteiger partial charge in [0.15, 0.2) is 0 Å². The van der Waals surface area contributed by atoms with Gasteiger partial charge in [0, 0.05) is 4.88 Å². The maximum Gasteiger partial charge on any atom is 0.337 e. The molecule has 2 aliphatic rings. The molecule has 0 aliphatic heterocycles. The standard InChI is InChI=1S/C11H11IO2S/c12-10-8(11(13)14)7-4-5-1-2-6(3-5)9(7)15-10/h5-6H,1-4H2,(H,13,14)/t5-,6+/m0/s1. The molecule has 1 N–H and O–H groups in total. The molecular weight excluding hydrogens is 323 g/mol. The number of carboxylic acid groups (broad SMARTS) is 1. The molecule has 0 aromatic carbocycles. The fourth-order valence-corrected chi connectivity index (χ4v) is 5.45. The van der Waals surface area contributed by atoms with Crippen LogP contribution >= 0.6 is 33.9 Å². The van der Waals surface area contributed by atoms with Crippen molar-refractivity contribution in [2.75, 3.05) is 0 Å². The average molecular weight is 334 g/mol. The van der Waals surface area contributed by atoms with E-state index in [1.54, 1.807) is 11.3 Å². The van der Waals surface area contributed by atoms with Crippen LogP contribution in [0, 0.1) is 8.80 Å². The second kappa shape index (κ2) is 3.45. The molecule has 1 heterocycles. The first-order valence-electron chi connectivity index (χ1n) is 5.21. The maximum atomic E-state index is 11.2. The van der Waals surface area contributed by atoms with Crippen LogP contribution in [0.5, 0.6) is 0 Å². The third-order valence-electron chi connectivity index (χ3n) is 3.61. The van der Waals surface area contributed by atoms with E-state index < -0.39 is 5.97 Å². The Kier molecular flexibility index (Phi) is 2.32. The molecule has 2 bridgehead atoms. The van der Waals surface area contributed by atoms with Crippen LogP contribution in [0.2, 0.25) is 0 Å². The van der Waals surface area contributed by atoms with Gasteiger partial charge in [-0.1, -0.05) is 0 Å². The lowest BCUT2D eigenvalue weighted by Crippen LogP contribution is -2.11. The Morgan fingerprint density at radius 1 is 1.47 bits per heavy atom. The second-order valence-electron chi connectivity index (χ2n) is 4.48. The van der Waals surface area contributed by atoms with E-state index in [1.807, 2.05) is 0 Å². The van der Waals surface area contributed by atoms with Gasteiger partial charge in [-0.3, -0.25) is 0 Å². The summed E-state index contributed by atoms with van der Waals surface area (Å²) in [5, 5.41) is 9.21. The van der Waals surface area contributed by atoms with Crippen molar-refractivity contribution in [2.24, 2.45) is 5.92 Å². The molecule has 2 atom stereocenters. The summed E-state index contributed by atoms with van der Waals surface area (Å²) >= 11 is 3.89. The van der Waals surface area contributed by atoms with E-state index in [4.69, 9.17) is 0 Å². The normalized spacial score (nSPS) is 27.8. The highest BCUT2D eigenvalue weighted by atomic mass is 127. The minimum absolute atomic E-state index is 0.604. The van der Waals surface area contributed by atoms with Crippen LogP contribution in [0.1, 0.15) is 46.0 Å². The first-order chi connectivity index (χ1) is 7.16. The lowest BCUT2D eigenvalue weighted by Gasteiger charge is -2.19. The topological polar surface area (TPSA) is 37.3 Å². The van der Waals surface area contributed by atoms with E-state index in [1.165, 1.54) is 24.1 Å². The number of halogens is 1. The molecule has 4 heteroatoms. The van der Waals surface area contributed by atoms with Crippen LogP contribution in [0.3, 0.4) is 0 Å². The van der Waals surface area contributed by atoms with Gasteiger partial charge < -0.3 is 5.11 Å². The van der Waals surface area contributed by atoms with E-state index >= 15 is 0 Å². The monoisotopic (exact) mass is 334 g/mol. The van der Waals surface area contributed by atoms with Gasteiger partial charge in [0.2, 0.25) is 0 Å². The molecule has 1 saturated carbocycles. The van der Waals surface area contributed by atoms with Gasteiger partial charge in [-0.2, -0.15) is 0 Å². The molecule has 15 heavy (non-hydrogen) atoms. The van der Waals surface area contributed by atoms with Crippen LogP contribution in [0.25, 0.3) is 0 Å². The number of rotatable bonds is 1. The van der Waals surface area contributed by atoms with Gasteiger partial charge in [-0.15, -0.1) is 11.3 Å². The van der Waals surface area contributed by atoms with Crippen LogP contribution in [-0.2, 0) is 6.42 Å². The summed E-state index contributed by atoms with van der Waals surface area (Å²) in [5.74, 6) is 0.689. The highest BCUT2D eigenvalue weighted by Gasteiger charge is 2.37. The summed E-state index contributed by atoms with van der Waals surface area (Å²) in [6, 6.07) is 0. The molecule has 0 amide bonds. The van der Waals surface area contributed by atoms with E-state index in [-0.39, 0.29) is 0 Å². The first-order valence-corrected chi connectivity index (χ1v) is 7.10. The third-order valence-corrected chi connectivity index (χ3v) is 6.00. The Bertz CT molecular complexity index is 438. The Morgan fingerprint density at radius 3 is 3.00 bits per heavy atom. The predicted octanol–water partition coefficient (Wildman–Crippen LogP) is 3.49. The molecule has 3 rings (SSSR count). The molecule has 1 fully saturated rings. The van der Waals surface area contributed by atoms with E-state index in [0.717, 1.165) is 20.8 Å². The van der Waals surface area contributed by atoms with E-state index in [9.17, 15) is 9.90 Å². The lowest BCUT2D eigenvalue weighted by molar-refractivity contribution is 0.0695. The summed E-state index contributed by atoms with van der Waals surface area (Å²) in [7, 11) is 0. The van der Waals surface area contributed by atoms with Crippen LogP contribution in [-0.4, -0.2) is 11.1 Å². The molecule has 0 unspecified atom stereocenters. The summed E-state index contributed by atoms with van der Waals surface area (Å²) in [4.78, 5) is 12.6. The van der Waals surface area contributed by atoms with Crippen molar-refractivity contribution >= 4 is 39.9 Å². The van der Waals surface area contributed by atoms with Crippen molar-refractivity contribution in [3.63, 3.8) is 0 Å². The first kappa shape index (κ1) is 10.1. The van der Waals surface area contributed by atoms with Crippen molar-refractivity contribution < 1.29 is 9.90 Å². The molecule has 2 aliphatic carbocycles. The highest BCUT2D eigenvalue weighted by Crippen LogP contribution is 2.50. The lowest BCUT2D eigenvalue weighted by atomic mass is 9.87. The number of carboxylic acids is 1. The predicted molar refractivity (Wildman–Crippen MR) is 67.8 cm³/mol. The quantitative estimate of drug-likeness (QED) is 0.799. The van der Waals surface area contributed by atoms with Gasteiger partial charge in [0.25, 0.3) is 0 Å². The molecule has 0 spiro atoms. The summed E-state index contributed by atoms with van der Waals surface area (Å²) in [5.41, 5.74) is 1.77. The maximum absolute atomic E-state index is 11.2. The van der Waals surface area contributed by atoms with Gasteiger partial charge in [0.05, 0.1) is 8.45 Å². The Balaban J connectivity index is 2.17. The fraction of sp³-hybridized carbons (Fsp3) is 0.545. The SMILES string of the molecule is O=C(O)c1c(I)sc2c1C[C@H]1CC[C@@H]2C1. The molecule has 2 nitrogen and oxygen atoms in total. The molecule has 0 saturated heterocycles. The zero-order valence-electron chi connectivity index (χ0n) is 8.12. The molecule has 80 valence electrons. The summed E-state index contributed by atoms with van der Waals surface area (Å²) in [6.45, 7) is 0. The smallest absolute Gasteiger partial charge is 0.337 e. The minimum Gasteiger partial charge on any atom is -0.478 e. The van der Waals surface area contributed by atoms with Gasteiger partial charge in [0.1, 0.15) is 0 Å². The molecule has 1 aromatic rings. The Labute approximate surface area is 106 Å². The number of hydrogen-bond donors (Lipinski definition) is 1. The van der Waals surface area contributed by atoms with Crippen molar-refractivity contribution in [1.29, 1.82) is 0 Å². The van der Waals surface area contributed by atoms with Crippen LogP contribution in [0.15, 0.2) is 0 Å². The largest absolute Gasteiger partial charge is 0.478 e. The van der Waals surface area contributed by atoms with Crippen molar-refractivity contribution in [3.05, 3.63) is 18.9 Å². The number of fused-ring (bicyclic) bond motifs is 4. The van der Waals surface area contributed by atoms with Crippen LogP contribution < -0.4 is 0 Å². The number of aromatic carboxylic acids is 1. The molecule has 0 radical (unpaired) electrons. The van der Waals surface area contributed by atoms with Gasteiger partial charge >= 0.3 is 5.97 Å². The third kappa shape index (κ3) is 1.45. The van der Waals surface area contributed by atoms with Crippen molar-refractivity contribution in [1.82, 2.24) is 0 Å². The zero-order chi connectivity index (χ0) is 10.6. The van der Waals surface area contributed by atoms with Crippen LogP contribution in [0.4, 0.5) is 0 Å². The molecular formula is C11H11IO2S. The average Bonchev–Trinajstić information content (AvgIpc) is 2.69. The number of carbonyl (C=O) groups is 1. The Hall–Kier alpha value is -0.100. The van der Waals surface area contributed by atoms with E-state index in [2.05, 4.69) is 22.6 Å². The highest BCUT2D eigenvalue weighted by molar-refractivity contribution is 14.1. The Morgan fingerprint density at radius 2 is 2.27 bits per heavy atom. The minimum atomic E-state index is -0.738. The van der Waals surface area contributed by atoms with Crippen molar-refractivity contribution in [2.45, 2.75) is 31.6 Å². The van der Waals surface area contributed by atoms with Gasteiger partial charge in [-0.25, -0.2) is 4.79 Å². The van der Waals surface area contributed by atoms with E-state index in [0.29, 0.717) is 11.5 Å². The second-order valence-corrected chi connectivity index (χ2v) is 7.34.